The molecule has 1 aromatic carbocycles. The molecule has 0 N–H and O–H groups in total. The topological polar surface area (TPSA) is 69.5 Å². The molecule has 2 aromatic rings. The van der Waals surface area contributed by atoms with E-state index in [1.165, 1.54) is 41.6 Å². The molecule has 4 rings (SSSR count). The van der Waals surface area contributed by atoms with E-state index >= 15 is 0 Å². The summed E-state index contributed by atoms with van der Waals surface area (Å²) < 4.78 is 87.6. The molecule has 1 amide bonds. The van der Waals surface area contributed by atoms with Crippen LogP contribution in [0.5, 0.6) is 5.75 Å². The minimum Gasteiger partial charge on any atom is -0.494 e. The van der Waals surface area contributed by atoms with Crippen LogP contribution in [-0.2, 0) is 11.0 Å². The number of carbonyl (C=O) groups excluding carboxylic acids is 1. The fourth-order valence-electron chi connectivity index (χ4n) is 5.11. The Bertz CT molecular complexity index is 1380. The summed E-state index contributed by atoms with van der Waals surface area (Å²) in [5.41, 5.74) is -2.66. The molecule has 41 heavy (non-hydrogen) atoms. The second-order valence-electron chi connectivity index (χ2n) is 10.3. The molecule has 1 aliphatic carbocycles. The second-order valence-corrected chi connectivity index (χ2v) is 10.6. The quantitative estimate of drug-likeness (QED) is 0.157. The predicted octanol–water partition coefficient (Wildman–Crippen LogP) is 6.53. The van der Waals surface area contributed by atoms with Gasteiger partial charge in [0.1, 0.15) is 11.3 Å². The molecular formula is C28H26F6N4O2S. The summed E-state index contributed by atoms with van der Waals surface area (Å²) in [5, 5.41) is 9.21. The summed E-state index contributed by atoms with van der Waals surface area (Å²) >= 11 is 5.51. The van der Waals surface area contributed by atoms with Crippen LogP contribution in [-0.4, -0.2) is 56.7 Å². The van der Waals surface area contributed by atoms with E-state index < -0.39 is 46.9 Å². The number of hydrogen-bond donors (Lipinski definition) is 0. The first-order valence-electron chi connectivity index (χ1n) is 12.7. The van der Waals surface area contributed by atoms with Crippen LogP contribution in [0.4, 0.5) is 26.3 Å². The second kappa shape index (κ2) is 11.3. The van der Waals surface area contributed by atoms with Crippen molar-refractivity contribution in [1.29, 1.82) is 5.26 Å². The maximum Gasteiger partial charge on any atom is 0.417 e. The van der Waals surface area contributed by atoms with Crippen LogP contribution in [0.25, 0.3) is 11.1 Å². The van der Waals surface area contributed by atoms with Crippen molar-refractivity contribution in [2.45, 2.75) is 57.0 Å². The van der Waals surface area contributed by atoms with Crippen molar-refractivity contribution in [1.82, 2.24) is 14.8 Å². The van der Waals surface area contributed by atoms with Gasteiger partial charge in [0, 0.05) is 24.5 Å². The lowest BCUT2D eigenvalue weighted by molar-refractivity contribution is -0.137. The molecule has 13 heteroatoms. The van der Waals surface area contributed by atoms with Crippen molar-refractivity contribution in [3.63, 3.8) is 0 Å². The number of pyridine rings is 1. The van der Waals surface area contributed by atoms with E-state index in [1.54, 1.807) is 24.8 Å². The molecular weight excluding hydrogens is 570 g/mol. The first-order valence-corrected chi connectivity index (χ1v) is 13.1. The van der Waals surface area contributed by atoms with E-state index in [9.17, 15) is 31.1 Å². The van der Waals surface area contributed by atoms with Crippen LogP contribution in [0.1, 0.15) is 38.7 Å². The smallest absolute Gasteiger partial charge is 0.417 e. The van der Waals surface area contributed by atoms with E-state index in [4.69, 9.17) is 22.2 Å². The highest BCUT2D eigenvalue weighted by molar-refractivity contribution is 7.80. The Labute approximate surface area is 238 Å². The third kappa shape index (κ3) is 6.17. The Morgan fingerprint density at radius 3 is 2.39 bits per heavy atom. The summed E-state index contributed by atoms with van der Waals surface area (Å²) in [6, 6.07) is 7.37. The van der Waals surface area contributed by atoms with Gasteiger partial charge in [-0.1, -0.05) is 12.1 Å². The van der Waals surface area contributed by atoms with Crippen molar-refractivity contribution in [3.8, 4) is 22.9 Å². The maximum atomic E-state index is 13.8. The lowest BCUT2D eigenvalue weighted by Crippen LogP contribution is -2.45. The predicted molar refractivity (Wildman–Crippen MR) is 141 cm³/mol. The average Bonchev–Trinajstić information content (AvgIpc) is 3.08. The summed E-state index contributed by atoms with van der Waals surface area (Å²) in [6.07, 6.45) is -5.27. The summed E-state index contributed by atoms with van der Waals surface area (Å²) in [4.78, 5) is 19.9. The monoisotopic (exact) mass is 596 g/mol. The number of halogens is 6. The molecule has 0 radical (unpaired) electrons. The van der Waals surface area contributed by atoms with Crippen LogP contribution in [0.2, 0.25) is 0 Å². The van der Waals surface area contributed by atoms with Gasteiger partial charge in [0.25, 0.3) is 5.91 Å². The molecule has 0 bridgehead atoms. The average molecular weight is 597 g/mol. The van der Waals surface area contributed by atoms with Crippen molar-refractivity contribution in [3.05, 3.63) is 59.9 Å². The molecule has 0 spiro atoms. The third-order valence-corrected chi connectivity index (χ3v) is 7.67. The number of thiocarbonyl (C=S) groups is 1. The Hall–Kier alpha value is -3.66. The number of nitrogens with zero attached hydrogens (tertiary/aromatic N) is 4. The first-order chi connectivity index (χ1) is 19.2. The Morgan fingerprint density at radius 1 is 1.10 bits per heavy atom. The molecule has 1 aromatic heterocycles. The lowest BCUT2D eigenvalue weighted by Gasteiger charge is -2.32. The number of carbonyl (C=O) groups is 1. The summed E-state index contributed by atoms with van der Waals surface area (Å²) in [5.74, 6) is -1.77. The lowest BCUT2D eigenvalue weighted by atomic mass is 9.85. The van der Waals surface area contributed by atoms with Crippen LogP contribution >= 0.6 is 12.2 Å². The van der Waals surface area contributed by atoms with Gasteiger partial charge < -0.3 is 9.64 Å². The molecule has 2 heterocycles. The fourth-order valence-corrected chi connectivity index (χ4v) is 5.64. The number of nitriles is 1. The number of amides is 1. The molecule has 0 saturated carbocycles. The van der Waals surface area contributed by atoms with Crippen LogP contribution in [0.3, 0.4) is 0 Å². The Balaban J connectivity index is 1.45. The number of allylic oxidation sites excluding steroid dienone is 1. The zero-order valence-electron chi connectivity index (χ0n) is 22.1. The van der Waals surface area contributed by atoms with Crippen LogP contribution < -0.4 is 4.74 Å². The number of alkyl halides is 6. The van der Waals surface area contributed by atoms with E-state index in [1.807, 2.05) is 0 Å². The van der Waals surface area contributed by atoms with E-state index in [0.717, 1.165) is 12.1 Å². The SMILES string of the molecule is CC1(C)C(=O)N(C2C=C(C(F)(F)F)C(C#N)CC2)C(=S)N1CCCOc1ccc(-c2ccncc2)c(C(F)(F)F)c1. The van der Waals surface area contributed by atoms with Gasteiger partial charge >= 0.3 is 12.4 Å². The van der Waals surface area contributed by atoms with Gasteiger partial charge in [-0.25, -0.2) is 0 Å². The standard InChI is InChI=1S/C28H26F6N4O2S/c1-26(2)24(39)38(19-5-4-18(16-35)22(14-19)27(29,30)31)25(41)37(26)12-3-13-40-20-6-7-21(17-8-10-36-11-9-17)23(15-20)28(32,33)34/h6-11,14-15,18-19H,3-5,12-13H2,1-2H3. The van der Waals surface area contributed by atoms with E-state index in [2.05, 4.69) is 4.98 Å². The zero-order valence-corrected chi connectivity index (χ0v) is 22.9. The maximum absolute atomic E-state index is 13.8. The highest BCUT2D eigenvalue weighted by Crippen LogP contribution is 2.41. The van der Waals surface area contributed by atoms with Gasteiger partial charge in [-0.15, -0.1) is 0 Å². The van der Waals surface area contributed by atoms with Gasteiger partial charge in [0.2, 0.25) is 0 Å². The number of benzene rings is 1. The van der Waals surface area contributed by atoms with Gasteiger partial charge in [-0.05, 0) is 80.7 Å². The minimum absolute atomic E-state index is 0.000682. The number of hydrogen-bond acceptors (Lipinski definition) is 5. The van der Waals surface area contributed by atoms with Crippen LogP contribution in [0.15, 0.2) is 54.4 Å². The number of rotatable bonds is 7. The molecule has 2 atom stereocenters. The molecule has 1 aliphatic heterocycles. The van der Waals surface area contributed by atoms with E-state index in [0.29, 0.717) is 5.56 Å². The van der Waals surface area contributed by atoms with Gasteiger partial charge in [-0.2, -0.15) is 31.6 Å². The number of ether oxygens (including phenoxy) is 1. The minimum atomic E-state index is -4.71. The van der Waals surface area contributed by atoms with Gasteiger partial charge in [0.05, 0.1) is 30.2 Å². The van der Waals surface area contributed by atoms with Crippen molar-refractivity contribution >= 4 is 23.2 Å². The molecule has 1 fully saturated rings. The normalized spacial score (nSPS) is 21.1. The van der Waals surface area contributed by atoms with Crippen LogP contribution in [0, 0.1) is 17.2 Å². The van der Waals surface area contributed by atoms with Gasteiger partial charge in [0.15, 0.2) is 5.11 Å². The Kier molecular flexibility index (Phi) is 8.36. The molecule has 2 aliphatic rings. The molecule has 2 unspecified atom stereocenters. The largest absolute Gasteiger partial charge is 0.494 e. The highest BCUT2D eigenvalue weighted by atomic mass is 32.1. The Morgan fingerprint density at radius 2 is 1.78 bits per heavy atom. The molecule has 1 saturated heterocycles. The molecule has 218 valence electrons. The fraction of sp³-hybridized carbons (Fsp3) is 0.429. The van der Waals surface area contributed by atoms with Crippen molar-refractivity contribution < 1.29 is 35.9 Å². The highest BCUT2D eigenvalue weighted by Gasteiger charge is 2.52. The van der Waals surface area contributed by atoms with Crippen molar-refractivity contribution in [2.24, 2.45) is 5.92 Å². The first kappa shape index (κ1) is 30.3. The van der Waals surface area contributed by atoms with Gasteiger partial charge in [-0.3, -0.25) is 14.7 Å². The molecule has 6 nitrogen and oxygen atoms in total. The van der Waals surface area contributed by atoms with Crippen molar-refractivity contribution in [2.75, 3.05) is 13.2 Å². The van der Waals surface area contributed by atoms with E-state index in [-0.39, 0.29) is 48.8 Å². The number of aromatic nitrogens is 1. The summed E-state index contributed by atoms with van der Waals surface area (Å²) in [7, 11) is 0. The third-order valence-electron chi connectivity index (χ3n) is 7.25. The summed E-state index contributed by atoms with van der Waals surface area (Å²) in [6.45, 7) is 3.38. The zero-order chi connectivity index (χ0) is 30.2.